The van der Waals surface area contributed by atoms with Crippen LogP contribution in [-0.2, 0) is 0 Å². The molecule has 1 amide bonds. The molecule has 0 saturated heterocycles. The third-order valence-electron chi connectivity index (χ3n) is 1.79. The largest absolute Gasteiger partial charge is 0.396 e. The first-order chi connectivity index (χ1) is 7.18. The van der Waals surface area contributed by atoms with Gasteiger partial charge >= 0.3 is 0 Å². The number of pyridine rings is 1. The molecule has 0 aliphatic carbocycles. The van der Waals surface area contributed by atoms with Crippen molar-refractivity contribution in [3.05, 3.63) is 30.5 Å². The second-order valence-corrected chi connectivity index (χ2v) is 2.81. The summed E-state index contributed by atoms with van der Waals surface area (Å²) in [6, 6.07) is 3.00. The van der Waals surface area contributed by atoms with Crippen LogP contribution < -0.4 is 11.5 Å². The van der Waals surface area contributed by atoms with E-state index in [4.69, 9.17) is 11.5 Å². The van der Waals surface area contributed by atoms with Crippen LogP contribution in [0.4, 0.5) is 5.69 Å². The summed E-state index contributed by atoms with van der Waals surface area (Å²) in [4.78, 5) is 18.6. The van der Waals surface area contributed by atoms with Crippen molar-refractivity contribution in [3.63, 3.8) is 0 Å². The van der Waals surface area contributed by atoms with Crippen LogP contribution in [0.2, 0.25) is 0 Å². The van der Waals surface area contributed by atoms with E-state index < -0.39 is 5.91 Å². The monoisotopic (exact) mass is 204 g/mol. The molecule has 0 unspecified atom stereocenters. The highest BCUT2D eigenvalue weighted by Crippen LogP contribution is 2.13. The lowest BCUT2D eigenvalue weighted by Crippen LogP contribution is -2.15. The lowest BCUT2D eigenvalue weighted by molar-refractivity contribution is 0.0995. The molecule has 2 aromatic heterocycles. The lowest BCUT2D eigenvalue weighted by atomic mass is 10.3. The summed E-state index contributed by atoms with van der Waals surface area (Å²) in [6.07, 6.45) is 2.78. The Balaban J connectivity index is 2.55. The van der Waals surface area contributed by atoms with Gasteiger partial charge in [-0.05, 0) is 12.1 Å². The second-order valence-electron chi connectivity index (χ2n) is 2.81. The minimum absolute atomic E-state index is 0.134. The van der Waals surface area contributed by atoms with E-state index in [0.29, 0.717) is 11.5 Å². The summed E-state index contributed by atoms with van der Waals surface area (Å²) in [5.74, 6) is -0.278. The maximum absolute atomic E-state index is 10.9. The Kier molecular flexibility index (Phi) is 2.05. The molecule has 0 aliphatic rings. The van der Waals surface area contributed by atoms with Crippen molar-refractivity contribution in [1.82, 2.24) is 19.7 Å². The zero-order valence-corrected chi connectivity index (χ0v) is 7.66. The van der Waals surface area contributed by atoms with Gasteiger partial charge in [-0.3, -0.25) is 4.79 Å². The Morgan fingerprint density at radius 1 is 1.40 bits per heavy atom. The molecule has 0 aliphatic heterocycles. The van der Waals surface area contributed by atoms with Crippen molar-refractivity contribution in [2.75, 3.05) is 5.73 Å². The molecule has 0 spiro atoms. The first kappa shape index (κ1) is 9.13. The van der Waals surface area contributed by atoms with Crippen molar-refractivity contribution in [1.29, 1.82) is 0 Å². The third kappa shape index (κ3) is 1.62. The molecule has 0 saturated carbocycles. The normalized spacial score (nSPS) is 10.1. The fourth-order valence-electron chi connectivity index (χ4n) is 1.10. The number of hydrogen-bond donors (Lipinski definition) is 2. The molecule has 0 atom stereocenters. The van der Waals surface area contributed by atoms with Gasteiger partial charge in [-0.15, -0.1) is 0 Å². The zero-order valence-electron chi connectivity index (χ0n) is 7.66. The van der Waals surface area contributed by atoms with E-state index in [0.717, 1.165) is 0 Å². The minimum Gasteiger partial charge on any atom is -0.396 e. The molecule has 7 heteroatoms. The van der Waals surface area contributed by atoms with E-state index in [9.17, 15) is 4.79 Å². The van der Waals surface area contributed by atoms with Gasteiger partial charge in [0.05, 0.1) is 5.69 Å². The molecule has 4 N–H and O–H groups in total. The predicted molar refractivity (Wildman–Crippen MR) is 52.1 cm³/mol. The van der Waals surface area contributed by atoms with E-state index in [1.165, 1.54) is 23.4 Å². The molecular formula is C8H8N6O. The maximum Gasteiger partial charge on any atom is 0.267 e. The van der Waals surface area contributed by atoms with Gasteiger partial charge < -0.3 is 11.5 Å². The van der Waals surface area contributed by atoms with Gasteiger partial charge in [0.2, 0.25) is 0 Å². The average Bonchev–Trinajstić information content (AvgIpc) is 2.71. The van der Waals surface area contributed by atoms with Crippen molar-refractivity contribution in [3.8, 4) is 5.82 Å². The summed E-state index contributed by atoms with van der Waals surface area (Å²) in [7, 11) is 0. The van der Waals surface area contributed by atoms with Crippen LogP contribution in [0.1, 0.15) is 10.5 Å². The summed E-state index contributed by atoms with van der Waals surface area (Å²) >= 11 is 0. The highest BCUT2D eigenvalue weighted by molar-refractivity contribution is 5.91. The van der Waals surface area contributed by atoms with Crippen LogP contribution in [0.25, 0.3) is 5.82 Å². The minimum atomic E-state index is -0.614. The number of nitrogens with two attached hydrogens (primary N) is 2. The second kappa shape index (κ2) is 3.37. The van der Waals surface area contributed by atoms with Crippen LogP contribution in [0, 0.1) is 0 Å². The number of nitrogen functional groups attached to an aromatic ring is 1. The van der Waals surface area contributed by atoms with Gasteiger partial charge in [-0.1, -0.05) is 0 Å². The Morgan fingerprint density at radius 2 is 2.20 bits per heavy atom. The van der Waals surface area contributed by atoms with Gasteiger partial charge in [0.15, 0.2) is 5.82 Å². The van der Waals surface area contributed by atoms with E-state index >= 15 is 0 Å². The number of carbonyl (C=O) groups excluding carboxylic acids is 1. The fraction of sp³-hybridized carbons (Fsp3) is 0. The van der Waals surface area contributed by atoms with Crippen LogP contribution in [-0.4, -0.2) is 25.7 Å². The smallest absolute Gasteiger partial charge is 0.267 e. The number of carbonyl (C=O) groups is 1. The SMILES string of the molecule is NC(=O)c1ccc(N)c(-n2cncn2)n1. The van der Waals surface area contributed by atoms with Gasteiger partial charge in [-0.25, -0.2) is 14.6 Å². The van der Waals surface area contributed by atoms with Gasteiger partial charge in [0, 0.05) is 0 Å². The van der Waals surface area contributed by atoms with Crippen molar-refractivity contribution >= 4 is 11.6 Å². The molecule has 7 nitrogen and oxygen atoms in total. The molecule has 2 aromatic rings. The van der Waals surface area contributed by atoms with Crippen molar-refractivity contribution in [2.24, 2.45) is 5.73 Å². The van der Waals surface area contributed by atoms with Gasteiger partial charge in [0.1, 0.15) is 18.3 Å². The summed E-state index contributed by atoms with van der Waals surface area (Å²) in [5, 5.41) is 3.86. The van der Waals surface area contributed by atoms with E-state index in [-0.39, 0.29) is 5.69 Å². The maximum atomic E-state index is 10.9. The number of anilines is 1. The standard InChI is InChI=1S/C8H8N6O/c9-5-1-2-6(7(10)15)13-8(5)14-4-11-3-12-14/h1-4H,9H2,(H2,10,15). The highest BCUT2D eigenvalue weighted by Gasteiger charge is 2.08. The number of rotatable bonds is 2. The van der Waals surface area contributed by atoms with Crippen molar-refractivity contribution in [2.45, 2.75) is 0 Å². The summed E-state index contributed by atoms with van der Waals surface area (Å²) in [5.41, 5.74) is 11.3. The molecule has 0 aromatic carbocycles. The molecule has 2 heterocycles. The summed E-state index contributed by atoms with van der Waals surface area (Å²) in [6.45, 7) is 0. The number of nitrogens with zero attached hydrogens (tertiary/aromatic N) is 4. The number of aromatic nitrogens is 4. The van der Waals surface area contributed by atoms with E-state index in [2.05, 4.69) is 15.1 Å². The van der Waals surface area contributed by atoms with E-state index in [1.807, 2.05) is 0 Å². The fourth-order valence-corrected chi connectivity index (χ4v) is 1.10. The van der Waals surface area contributed by atoms with Crippen LogP contribution in [0.15, 0.2) is 24.8 Å². The molecule has 0 bridgehead atoms. The number of amides is 1. The Labute approximate surface area is 84.7 Å². The predicted octanol–water partition coefficient (Wildman–Crippen LogP) is -0.657. The molecule has 15 heavy (non-hydrogen) atoms. The summed E-state index contributed by atoms with van der Waals surface area (Å²) < 4.78 is 1.36. The first-order valence-corrected chi connectivity index (χ1v) is 4.10. The molecule has 0 fully saturated rings. The zero-order chi connectivity index (χ0) is 10.8. The third-order valence-corrected chi connectivity index (χ3v) is 1.79. The van der Waals surface area contributed by atoms with Crippen LogP contribution in [0.3, 0.4) is 0 Å². The van der Waals surface area contributed by atoms with Crippen molar-refractivity contribution < 1.29 is 4.79 Å². The Bertz CT molecular complexity index is 492. The topological polar surface area (TPSA) is 113 Å². The average molecular weight is 204 g/mol. The van der Waals surface area contributed by atoms with E-state index in [1.54, 1.807) is 6.07 Å². The Hall–Kier alpha value is -2.44. The quantitative estimate of drug-likeness (QED) is 0.674. The molecular weight excluding hydrogens is 196 g/mol. The van der Waals surface area contributed by atoms with Crippen LogP contribution in [0.5, 0.6) is 0 Å². The lowest BCUT2D eigenvalue weighted by Gasteiger charge is -2.04. The molecule has 0 radical (unpaired) electrons. The highest BCUT2D eigenvalue weighted by atomic mass is 16.1. The number of primary amides is 1. The first-order valence-electron chi connectivity index (χ1n) is 4.10. The van der Waals surface area contributed by atoms with Crippen LogP contribution >= 0.6 is 0 Å². The molecule has 76 valence electrons. The van der Waals surface area contributed by atoms with Gasteiger partial charge in [-0.2, -0.15) is 5.10 Å². The Morgan fingerprint density at radius 3 is 2.80 bits per heavy atom. The molecule has 2 rings (SSSR count). The number of hydrogen-bond acceptors (Lipinski definition) is 5. The van der Waals surface area contributed by atoms with Gasteiger partial charge in [0.25, 0.3) is 5.91 Å².